The number of nitrogens with one attached hydrogen (secondary N) is 1. The Labute approximate surface area is 111 Å². The lowest BCUT2D eigenvalue weighted by atomic mass is 10.1. The zero-order valence-electron chi connectivity index (χ0n) is 10.7. The van der Waals surface area contributed by atoms with Crippen LogP contribution in [0.2, 0.25) is 0 Å². The fourth-order valence-corrected chi connectivity index (χ4v) is 2.46. The molecule has 1 aliphatic heterocycles. The van der Waals surface area contributed by atoms with Crippen molar-refractivity contribution in [2.45, 2.75) is 25.4 Å². The Hall–Kier alpha value is -0.950. The minimum absolute atomic E-state index is 0.0702. The van der Waals surface area contributed by atoms with Gasteiger partial charge in [0.05, 0.1) is 25.7 Å². The number of carbonyl (C=O) groups is 2. The predicted molar refractivity (Wildman–Crippen MR) is 69.9 cm³/mol. The van der Waals surface area contributed by atoms with E-state index in [0.29, 0.717) is 13.2 Å². The first-order valence-corrected chi connectivity index (χ1v) is 7.29. The number of rotatable bonds is 5. The number of hydrogen-bond acceptors (Lipinski definition) is 4. The average molecular weight is 276 g/mol. The number of nitrogens with zero attached hydrogens (tertiary/aromatic N) is 1. The van der Waals surface area contributed by atoms with E-state index in [1.807, 2.05) is 13.2 Å². The van der Waals surface area contributed by atoms with Gasteiger partial charge in [0.1, 0.15) is 0 Å². The Morgan fingerprint density at radius 3 is 2.94 bits per heavy atom. The van der Waals surface area contributed by atoms with Crippen molar-refractivity contribution in [2.24, 2.45) is 0 Å². The van der Waals surface area contributed by atoms with E-state index in [2.05, 4.69) is 5.32 Å². The number of hydrogen-bond donors (Lipinski definition) is 2. The number of carbonyl (C=O) groups excluding carboxylic acids is 1. The summed E-state index contributed by atoms with van der Waals surface area (Å²) in [6.45, 7) is 3.12. The lowest BCUT2D eigenvalue weighted by molar-refractivity contribution is -0.139. The van der Waals surface area contributed by atoms with E-state index in [1.165, 1.54) is 0 Å². The molecule has 1 aliphatic rings. The predicted octanol–water partition coefficient (Wildman–Crippen LogP) is 0.623. The molecule has 1 heterocycles. The molecule has 0 bridgehead atoms. The lowest BCUT2D eigenvalue weighted by Crippen LogP contribution is -2.54. The lowest BCUT2D eigenvalue weighted by Gasteiger charge is -2.35. The summed E-state index contributed by atoms with van der Waals surface area (Å²) >= 11 is 1.66. The van der Waals surface area contributed by atoms with Crippen LogP contribution in [-0.4, -0.2) is 65.9 Å². The van der Waals surface area contributed by atoms with Gasteiger partial charge in [-0.15, -0.1) is 0 Å². The molecule has 6 nitrogen and oxygen atoms in total. The Kier molecular flexibility index (Phi) is 6.28. The number of carboxylic acid groups (broad SMARTS) is 1. The maximum atomic E-state index is 12.0. The smallest absolute Gasteiger partial charge is 0.318 e. The van der Waals surface area contributed by atoms with Gasteiger partial charge in [-0.1, -0.05) is 0 Å². The summed E-state index contributed by atoms with van der Waals surface area (Å²) in [5.41, 5.74) is 0. The van der Waals surface area contributed by atoms with Gasteiger partial charge < -0.3 is 20.1 Å². The van der Waals surface area contributed by atoms with E-state index < -0.39 is 5.97 Å². The molecule has 0 aromatic heterocycles. The van der Waals surface area contributed by atoms with Gasteiger partial charge in [-0.2, -0.15) is 11.8 Å². The summed E-state index contributed by atoms with van der Waals surface area (Å²) in [5, 5.41) is 11.7. The molecule has 0 radical (unpaired) electrons. The summed E-state index contributed by atoms with van der Waals surface area (Å²) in [5.74, 6) is -0.0832. The molecule has 2 unspecified atom stereocenters. The molecule has 7 heteroatoms. The molecule has 0 saturated carbocycles. The van der Waals surface area contributed by atoms with Crippen molar-refractivity contribution in [1.29, 1.82) is 0 Å². The fraction of sp³-hybridized carbons (Fsp3) is 0.818. The third-order valence-corrected chi connectivity index (χ3v) is 3.52. The summed E-state index contributed by atoms with van der Waals surface area (Å²) in [6.07, 6.45) is 1.90. The van der Waals surface area contributed by atoms with Crippen LogP contribution in [0.25, 0.3) is 0 Å². The Balaban J connectivity index is 2.54. The largest absolute Gasteiger partial charge is 0.481 e. The quantitative estimate of drug-likeness (QED) is 0.769. The highest BCUT2D eigenvalue weighted by Crippen LogP contribution is 2.11. The second kappa shape index (κ2) is 7.48. The van der Waals surface area contributed by atoms with Gasteiger partial charge in [0.25, 0.3) is 0 Å². The maximum Gasteiger partial charge on any atom is 0.318 e. The van der Waals surface area contributed by atoms with E-state index in [0.717, 1.165) is 5.75 Å². The van der Waals surface area contributed by atoms with Crippen molar-refractivity contribution in [3.05, 3.63) is 0 Å². The van der Waals surface area contributed by atoms with Crippen LogP contribution in [0, 0.1) is 0 Å². The molecule has 1 saturated heterocycles. The highest BCUT2D eigenvalue weighted by Gasteiger charge is 2.29. The van der Waals surface area contributed by atoms with Crippen molar-refractivity contribution < 1.29 is 19.4 Å². The van der Waals surface area contributed by atoms with Crippen LogP contribution in [0.3, 0.4) is 0 Å². The van der Waals surface area contributed by atoms with Crippen LogP contribution in [0.5, 0.6) is 0 Å². The number of aliphatic carboxylic acids is 1. The zero-order valence-corrected chi connectivity index (χ0v) is 11.5. The zero-order chi connectivity index (χ0) is 13.5. The first kappa shape index (κ1) is 15.1. The van der Waals surface area contributed by atoms with Gasteiger partial charge in [0.2, 0.25) is 0 Å². The highest BCUT2D eigenvalue weighted by molar-refractivity contribution is 7.98. The molecule has 104 valence electrons. The number of thioether (sulfide) groups is 1. The van der Waals surface area contributed by atoms with Gasteiger partial charge in [0.15, 0.2) is 0 Å². The van der Waals surface area contributed by atoms with Gasteiger partial charge in [-0.25, -0.2) is 4.79 Å². The molecule has 0 spiro atoms. The highest BCUT2D eigenvalue weighted by atomic mass is 32.2. The third kappa shape index (κ3) is 4.73. The second-order valence-corrected chi connectivity index (χ2v) is 5.24. The molecule has 2 amide bonds. The van der Waals surface area contributed by atoms with Gasteiger partial charge in [0, 0.05) is 18.3 Å². The van der Waals surface area contributed by atoms with Crippen LogP contribution in [-0.2, 0) is 9.53 Å². The summed E-state index contributed by atoms with van der Waals surface area (Å²) in [7, 11) is 0. The number of urea groups is 1. The number of ether oxygens (including phenoxy) is 1. The minimum atomic E-state index is -0.916. The molecule has 18 heavy (non-hydrogen) atoms. The van der Waals surface area contributed by atoms with Crippen molar-refractivity contribution in [3.63, 3.8) is 0 Å². The monoisotopic (exact) mass is 276 g/mol. The molecule has 0 aliphatic carbocycles. The molecule has 0 aromatic carbocycles. The van der Waals surface area contributed by atoms with Crippen molar-refractivity contribution in [2.75, 3.05) is 31.8 Å². The van der Waals surface area contributed by atoms with Crippen molar-refractivity contribution in [3.8, 4) is 0 Å². The van der Waals surface area contributed by atoms with E-state index in [4.69, 9.17) is 9.84 Å². The third-order valence-electron chi connectivity index (χ3n) is 2.69. The molecular weight excluding hydrogens is 256 g/mol. The topological polar surface area (TPSA) is 78.9 Å². The minimum Gasteiger partial charge on any atom is -0.481 e. The second-order valence-electron chi connectivity index (χ2n) is 4.33. The normalized spacial score (nSPS) is 21.4. The number of amides is 2. The summed E-state index contributed by atoms with van der Waals surface area (Å²) in [6, 6.07) is -0.510. The van der Waals surface area contributed by atoms with E-state index in [1.54, 1.807) is 16.7 Å². The first-order chi connectivity index (χ1) is 8.54. The Bertz CT molecular complexity index is 301. The van der Waals surface area contributed by atoms with Gasteiger partial charge >= 0.3 is 12.0 Å². The molecular formula is C11H20N2O4S. The Morgan fingerprint density at radius 1 is 1.61 bits per heavy atom. The molecule has 1 rings (SSSR count). The maximum absolute atomic E-state index is 12.0. The molecule has 1 fully saturated rings. The van der Waals surface area contributed by atoms with E-state index in [-0.39, 0.29) is 31.1 Å². The van der Waals surface area contributed by atoms with Crippen LogP contribution < -0.4 is 5.32 Å². The van der Waals surface area contributed by atoms with Gasteiger partial charge in [-0.3, -0.25) is 4.79 Å². The van der Waals surface area contributed by atoms with E-state index >= 15 is 0 Å². The molecule has 2 N–H and O–H groups in total. The van der Waals surface area contributed by atoms with Crippen LogP contribution in [0.15, 0.2) is 0 Å². The van der Waals surface area contributed by atoms with Crippen molar-refractivity contribution >= 4 is 23.8 Å². The van der Waals surface area contributed by atoms with Crippen LogP contribution >= 0.6 is 11.8 Å². The molecule has 2 atom stereocenters. The van der Waals surface area contributed by atoms with Crippen LogP contribution in [0.1, 0.15) is 13.3 Å². The SMILES string of the molecule is CSCC(C)NC(=O)N1CCOCC1CC(=O)O. The summed E-state index contributed by atoms with van der Waals surface area (Å²) < 4.78 is 5.23. The molecule has 0 aromatic rings. The van der Waals surface area contributed by atoms with Crippen molar-refractivity contribution in [1.82, 2.24) is 10.2 Å². The summed E-state index contributed by atoms with van der Waals surface area (Å²) in [4.78, 5) is 24.3. The number of morpholine rings is 1. The van der Waals surface area contributed by atoms with Gasteiger partial charge in [-0.05, 0) is 13.2 Å². The van der Waals surface area contributed by atoms with E-state index in [9.17, 15) is 9.59 Å². The number of carboxylic acids is 1. The standard InChI is InChI=1S/C11H20N2O4S/c1-8(7-18-2)12-11(16)13-3-4-17-6-9(13)5-10(14)15/h8-9H,3-7H2,1-2H3,(H,12,16)(H,14,15). The Morgan fingerprint density at radius 2 is 2.33 bits per heavy atom. The average Bonchev–Trinajstić information content (AvgIpc) is 2.28. The fourth-order valence-electron chi connectivity index (χ4n) is 1.88. The first-order valence-electron chi connectivity index (χ1n) is 5.90. The van der Waals surface area contributed by atoms with Crippen LogP contribution in [0.4, 0.5) is 4.79 Å².